The van der Waals surface area contributed by atoms with E-state index in [1.165, 1.54) is 17.0 Å². The van der Waals surface area contributed by atoms with Gasteiger partial charge in [-0.15, -0.1) is 0 Å². The van der Waals surface area contributed by atoms with Crippen LogP contribution in [-0.4, -0.2) is 59.1 Å². The summed E-state index contributed by atoms with van der Waals surface area (Å²) in [5, 5.41) is 0. The first kappa shape index (κ1) is 33.3. The van der Waals surface area contributed by atoms with E-state index in [1.807, 2.05) is 91.0 Å². The summed E-state index contributed by atoms with van der Waals surface area (Å²) in [4.78, 5) is 56.9. The summed E-state index contributed by atoms with van der Waals surface area (Å²) in [5.41, 5.74) is 3.45. The fraction of sp³-hybridized carbons (Fsp3) is 0.250. The number of rotatable bonds is 12. The number of hydrogen-bond donors (Lipinski definition) is 0. The van der Waals surface area contributed by atoms with Crippen LogP contribution in [0.5, 0.6) is 0 Å². The summed E-state index contributed by atoms with van der Waals surface area (Å²) in [5.74, 6) is -3.08. The summed E-state index contributed by atoms with van der Waals surface area (Å²) in [7, 11) is 0. The Labute approximate surface area is 284 Å². The van der Waals surface area contributed by atoms with Gasteiger partial charge in [-0.25, -0.2) is 23.8 Å². The predicted octanol–water partition coefficient (Wildman–Crippen LogP) is 6.58. The van der Waals surface area contributed by atoms with Crippen molar-refractivity contribution in [1.29, 1.82) is 0 Å². The van der Waals surface area contributed by atoms with Gasteiger partial charge < -0.3 is 9.47 Å². The van der Waals surface area contributed by atoms with Crippen LogP contribution in [0, 0.1) is 17.7 Å². The van der Waals surface area contributed by atoms with Crippen molar-refractivity contribution in [2.24, 2.45) is 11.8 Å². The zero-order valence-corrected chi connectivity index (χ0v) is 26.9. The van der Waals surface area contributed by atoms with Crippen LogP contribution < -0.4 is 0 Å². The van der Waals surface area contributed by atoms with E-state index in [0.717, 1.165) is 21.6 Å². The molecule has 2 heterocycles. The van der Waals surface area contributed by atoms with Gasteiger partial charge in [0.05, 0.1) is 23.9 Å². The SMILES string of the molecule is O=C1OCC(Cc2ccccc2)N1C(=O)C(C=CC(Cc1ccc(F)cc1)C(=O)N1C(=O)OCC1Cc1ccccc1)Cc1ccccc1. The van der Waals surface area contributed by atoms with E-state index in [9.17, 15) is 23.6 Å². The molecule has 0 aromatic heterocycles. The van der Waals surface area contributed by atoms with Gasteiger partial charge >= 0.3 is 12.2 Å². The molecule has 8 nitrogen and oxygen atoms in total. The van der Waals surface area contributed by atoms with Crippen LogP contribution in [0.2, 0.25) is 0 Å². The monoisotopic (exact) mass is 660 g/mol. The third kappa shape index (κ3) is 8.30. The molecule has 0 N–H and O–H groups in total. The molecule has 2 saturated heterocycles. The van der Waals surface area contributed by atoms with Gasteiger partial charge in [0, 0.05) is 0 Å². The van der Waals surface area contributed by atoms with Gasteiger partial charge in [-0.3, -0.25) is 9.59 Å². The minimum Gasteiger partial charge on any atom is -0.447 e. The Bertz CT molecular complexity index is 1780. The Morgan fingerprint density at radius 3 is 1.37 bits per heavy atom. The molecular formula is C40H37FN2O6. The van der Waals surface area contributed by atoms with E-state index >= 15 is 0 Å². The Morgan fingerprint density at radius 2 is 0.959 bits per heavy atom. The largest absolute Gasteiger partial charge is 0.447 e. The molecule has 2 aliphatic rings. The molecule has 4 unspecified atom stereocenters. The van der Waals surface area contributed by atoms with E-state index < -0.39 is 53.7 Å². The Hall–Kier alpha value is -5.57. The molecule has 4 aromatic carbocycles. The lowest BCUT2D eigenvalue weighted by Crippen LogP contribution is -2.44. The van der Waals surface area contributed by atoms with E-state index in [-0.39, 0.29) is 26.1 Å². The van der Waals surface area contributed by atoms with E-state index in [1.54, 1.807) is 24.3 Å². The highest BCUT2D eigenvalue weighted by Gasteiger charge is 2.42. The molecule has 2 fully saturated rings. The number of hydrogen-bond acceptors (Lipinski definition) is 6. The summed E-state index contributed by atoms with van der Waals surface area (Å²) in [6.45, 7) is 0.133. The molecule has 4 atom stereocenters. The highest BCUT2D eigenvalue weighted by atomic mass is 19.1. The molecular weight excluding hydrogens is 623 g/mol. The molecule has 4 aromatic rings. The number of imide groups is 2. The van der Waals surface area contributed by atoms with Crippen LogP contribution in [0.25, 0.3) is 0 Å². The Kier molecular flexibility index (Phi) is 10.6. The van der Waals surface area contributed by atoms with Gasteiger partial charge in [0.1, 0.15) is 19.0 Å². The average Bonchev–Trinajstić information content (AvgIpc) is 3.67. The number of cyclic esters (lactones) is 2. The quantitative estimate of drug-likeness (QED) is 0.160. The van der Waals surface area contributed by atoms with Crippen LogP contribution in [0.4, 0.5) is 14.0 Å². The maximum atomic E-state index is 14.3. The summed E-state index contributed by atoms with van der Waals surface area (Å²) < 4.78 is 24.5. The molecule has 0 bridgehead atoms. The molecule has 250 valence electrons. The summed E-state index contributed by atoms with van der Waals surface area (Å²) in [6, 6.07) is 33.3. The summed E-state index contributed by atoms with van der Waals surface area (Å²) in [6.07, 6.45) is 3.11. The maximum absolute atomic E-state index is 14.3. The average molecular weight is 661 g/mol. The zero-order valence-electron chi connectivity index (χ0n) is 26.9. The van der Waals surface area contributed by atoms with Crippen LogP contribution in [0.1, 0.15) is 22.3 Å². The van der Waals surface area contributed by atoms with Crippen molar-refractivity contribution in [1.82, 2.24) is 9.80 Å². The number of halogens is 1. The Morgan fingerprint density at radius 1 is 0.592 bits per heavy atom. The molecule has 0 saturated carbocycles. The van der Waals surface area contributed by atoms with Gasteiger partial charge in [-0.2, -0.15) is 0 Å². The first-order valence-electron chi connectivity index (χ1n) is 16.4. The van der Waals surface area contributed by atoms with Gasteiger partial charge in [-0.05, 0) is 60.1 Å². The van der Waals surface area contributed by atoms with Crippen molar-refractivity contribution < 1.29 is 33.0 Å². The second-order valence-electron chi connectivity index (χ2n) is 12.4. The number of ether oxygens (including phenoxy) is 2. The Balaban J connectivity index is 1.31. The molecule has 0 aliphatic carbocycles. The lowest BCUT2D eigenvalue weighted by molar-refractivity contribution is -0.133. The molecule has 9 heteroatoms. The fourth-order valence-electron chi connectivity index (χ4n) is 6.38. The van der Waals surface area contributed by atoms with Crippen molar-refractivity contribution in [3.63, 3.8) is 0 Å². The normalized spacial score (nSPS) is 18.7. The first-order chi connectivity index (χ1) is 23.9. The number of benzene rings is 4. The number of amides is 4. The van der Waals surface area contributed by atoms with E-state index in [2.05, 4.69) is 0 Å². The standard InChI is InChI=1S/C40H37FN2O6/c41-34-20-16-31(17-21-34)23-33(38(45)43-36(27-49-40(43)47)25-30-14-8-3-9-15-30)19-18-32(22-28-10-4-1-5-11-28)37(44)42-35(26-48-39(42)46)24-29-12-6-2-7-13-29/h1-21,32-33,35-36H,22-27H2. The zero-order chi connectivity index (χ0) is 34.2. The van der Waals surface area contributed by atoms with Crippen molar-refractivity contribution in [3.8, 4) is 0 Å². The van der Waals surface area contributed by atoms with Crippen LogP contribution in [0.3, 0.4) is 0 Å². The van der Waals surface area contributed by atoms with Crippen LogP contribution in [0.15, 0.2) is 127 Å². The van der Waals surface area contributed by atoms with E-state index in [4.69, 9.17) is 9.47 Å². The number of carbonyl (C=O) groups excluding carboxylic acids is 4. The number of nitrogens with zero attached hydrogens (tertiary/aromatic N) is 2. The minimum absolute atomic E-state index is 0.0570. The topological polar surface area (TPSA) is 93.2 Å². The minimum atomic E-state index is -0.897. The maximum Gasteiger partial charge on any atom is 0.417 e. The second-order valence-corrected chi connectivity index (χ2v) is 12.4. The van der Waals surface area contributed by atoms with Crippen LogP contribution >= 0.6 is 0 Å². The van der Waals surface area contributed by atoms with Crippen molar-refractivity contribution in [2.75, 3.05) is 13.2 Å². The molecule has 6 rings (SSSR count). The van der Waals surface area contributed by atoms with Crippen molar-refractivity contribution in [3.05, 3.63) is 155 Å². The van der Waals surface area contributed by atoms with Crippen molar-refractivity contribution in [2.45, 2.75) is 37.8 Å². The predicted molar refractivity (Wildman–Crippen MR) is 181 cm³/mol. The van der Waals surface area contributed by atoms with E-state index in [0.29, 0.717) is 18.4 Å². The summed E-state index contributed by atoms with van der Waals surface area (Å²) >= 11 is 0. The fourth-order valence-corrected chi connectivity index (χ4v) is 6.38. The highest BCUT2D eigenvalue weighted by Crippen LogP contribution is 2.26. The van der Waals surface area contributed by atoms with Crippen LogP contribution in [-0.2, 0) is 44.7 Å². The second kappa shape index (κ2) is 15.6. The van der Waals surface area contributed by atoms with Gasteiger partial charge in [0.15, 0.2) is 0 Å². The third-order valence-corrected chi connectivity index (χ3v) is 8.90. The smallest absolute Gasteiger partial charge is 0.417 e. The third-order valence-electron chi connectivity index (χ3n) is 8.90. The lowest BCUT2D eigenvalue weighted by atomic mass is 9.91. The first-order valence-corrected chi connectivity index (χ1v) is 16.4. The molecule has 0 radical (unpaired) electrons. The van der Waals surface area contributed by atoms with Gasteiger partial charge in [0.25, 0.3) is 0 Å². The van der Waals surface area contributed by atoms with Crippen molar-refractivity contribution >= 4 is 24.0 Å². The number of carbonyl (C=O) groups is 4. The molecule has 4 amide bonds. The van der Waals surface area contributed by atoms with Gasteiger partial charge in [0.2, 0.25) is 11.8 Å². The van der Waals surface area contributed by atoms with Gasteiger partial charge in [-0.1, -0.05) is 115 Å². The lowest BCUT2D eigenvalue weighted by Gasteiger charge is -2.25. The molecule has 2 aliphatic heterocycles. The molecule has 49 heavy (non-hydrogen) atoms. The molecule has 0 spiro atoms. The highest BCUT2D eigenvalue weighted by molar-refractivity contribution is 5.97.